The van der Waals surface area contributed by atoms with E-state index in [2.05, 4.69) is 5.32 Å². The Labute approximate surface area is 200 Å². The van der Waals surface area contributed by atoms with E-state index < -0.39 is 6.04 Å². The zero-order chi connectivity index (χ0) is 24.2. The van der Waals surface area contributed by atoms with E-state index in [9.17, 15) is 14.4 Å². The lowest BCUT2D eigenvalue weighted by Crippen LogP contribution is -2.52. The Balaban J connectivity index is 1.62. The molecule has 6 nitrogen and oxygen atoms in total. The third kappa shape index (κ3) is 4.67. The summed E-state index contributed by atoms with van der Waals surface area (Å²) in [5.41, 5.74) is 2.28. The Morgan fingerprint density at radius 3 is 2.35 bits per heavy atom. The lowest BCUT2D eigenvalue weighted by Gasteiger charge is -2.32. The maximum Gasteiger partial charge on any atom is 0.259 e. The summed E-state index contributed by atoms with van der Waals surface area (Å²) in [7, 11) is 0. The molecular weight excluding hydrogens is 426 g/mol. The minimum absolute atomic E-state index is 0.118. The first-order valence-corrected chi connectivity index (χ1v) is 11.9. The smallest absolute Gasteiger partial charge is 0.259 e. The van der Waals surface area contributed by atoms with Crippen LogP contribution in [0, 0.1) is 5.92 Å². The van der Waals surface area contributed by atoms with Crippen LogP contribution in [0.15, 0.2) is 66.7 Å². The Kier molecular flexibility index (Phi) is 6.96. The Morgan fingerprint density at radius 1 is 0.971 bits per heavy atom. The molecule has 34 heavy (non-hydrogen) atoms. The fourth-order valence-electron chi connectivity index (χ4n) is 4.48. The standard InChI is InChI=1S/C28H31N3O3/c1-4-23(27(33)29-16-19(2)3)30(17-20-10-6-5-7-11-20)25(32)18-31-24-15-9-13-21-12-8-14-22(26(21)24)28(31)34/h5-15,19,23H,4,16-18H2,1-3H3,(H,29,33)/t23-/m1/s1. The highest BCUT2D eigenvalue weighted by Gasteiger charge is 2.35. The van der Waals surface area contributed by atoms with Crippen molar-refractivity contribution < 1.29 is 14.4 Å². The highest BCUT2D eigenvalue weighted by Crippen LogP contribution is 2.37. The molecule has 1 atom stereocenters. The van der Waals surface area contributed by atoms with Gasteiger partial charge in [0, 0.05) is 24.0 Å². The van der Waals surface area contributed by atoms with Gasteiger partial charge in [0.25, 0.3) is 5.91 Å². The number of rotatable bonds is 9. The van der Waals surface area contributed by atoms with Crippen molar-refractivity contribution in [2.24, 2.45) is 5.92 Å². The first-order chi connectivity index (χ1) is 16.4. The molecule has 0 saturated heterocycles. The van der Waals surface area contributed by atoms with E-state index in [0.29, 0.717) is 31.0 Å². The number of hydrogen-bond donors (Lipinski definition) is 1. The third-order valence-electron chi connectivity index (χ3n) is 6.21. The van der Waals surface area contributed by atoms with E-state index in [1.807, 2.05) is 81.4 Å². The summed E-state index contributed by atoms with van der Waals surface area (Å²) in [5.74, 6) is -0.301. The fraction of sp³-hybridized carbons (Fsp3) is 0.321. The largest absolute Gasteiger partial charge is 0.354 e. The summed E-state index contributed by atoms with van der Waals surface area (Å²) in [4.78, 5) is 43.1. The number of carbonyl (C=O) groups excluding carboxylic acids is 3. The molecule has 0 bridgehead atoms. The molecule has 6 heteroatoms. The van der Waals surface area contributed by atoms with E-state index >= 15 is 0 Å². The van der Waals surface area contributed by atoms with Crippen LogP contribution in [0.3, 0.4) is 0 Å². The van der Waals surface area contributed by atoms with Crippen LogP contribution >= 0.6 is 0 Å². The van der Waals surface area contributed by atoms with Crippen LogP contribution in [0.5, 0.6) is 0 Å². The molecule has 0 spiro atoms. The van der Waals surface area contributed by atoms with E-state index in [1.54, 1.807) is 11.0 Å². The highest BCUT2D eigenvalue weighted by molar-refractivity contribution is 6.26. The average molecular weight is 458 g/mol. The van der Waals surface area contributed by atoms with Crippen molar-refractivity contribution in [3.05, 3.63) is 77.9 Å². The summed E-state index contributed by atoms with van der Waals surface area (Å²) in [6.45, 7) is 6.70. The van der Waals surface area contributed by atoms with Crippen molar-refractivity contribution in [1.29, 1.82) is 0 Å². The number of anilines is 1. The van der Waals surface area contributed by atoms with Gasteiger partial charge in [-0.1, -0.05) is 75.4 Å². The van der Waals surface area contributed by atoms with Crippen LogP contribution in [0.25, 0.3) is 10.8 Å². The van der Waals surface area contributed by atoms with Crippen LogP contribution in [-0.4, -0.2) is 41.8 Å². The van der Waals surface area contributed by atoms with Crippen LogP contribution in [0.1, 0.15) is 43.1 Å². The molecule has 1 aliphatic rings. The highest BCUT2D eigenvalue weighted by atomic mass is 16.2. The Bertz CT molecular complexity index is 1200. The zero-order valence-corrected chi connectivity index (χ0v) is 20.0. The predicted octanol–water partition coefficient (Wildman–Crippen LogP) is 4.38. The van der Waals surface area contributed by atoms with Gasteiger partial charge in [-0.3, -0.25) is 19.3 Å². The lowest BCUT2D eigenvalue weighted by molar-refractivity contribution is -0.140. The average Bonchev–Trinajstić information content (AvgIpc) is 3.11. The minimum atomic E-state index is -0.623. The maximum absolute atomic E-state index is 13.7. The normalized spacial score (nSPS) is 13.4. The van der Waals surface area contributed by atoms with Crippen molar-refractivity contribution >= 4 is 34.2 Å². The van der Waals surface area contributed by atoms with Gasteiger partial charge in [-0.05, 0) is 35.4 Å². The molecule has 0 saturated carbocycles. The quantitative estimate of drug-likeness (QED) is 0.518. The summed E-state index contributed by atoms with van der Waals surface area (Å²) >= 11 is 0. The van der Waals surface area contributed by atoms with Crippen molar-refractivity contribution in [1.82, 2.24) is 10.2 Å². The van der Waals surface area contributed by atoms with E-state index in [1.165, 1.54) is 4.90 Å². The molecule has 3 aromatic carbocycles. The van der Waals surface area contributed by atoms with Gasteiger partial charge in [-0.15, -0.1) is 0 Å². The lowest BCUT2D eigenvalue weighted by atomic mass is 10.1. The minimum Gasteiger partial charge on any atom is -0.354 e. The van der Waals surface area contributed by atoms with Gasteiger partial charge < -0.3 is 10.2 Å². The molecule has 1 aliphatic heterocycles. The fourth-order valence-corrected chi connectivity index (χ4v) is 4.48. The monoisotopic (exact) mass is 457 g/mol. The van der Waals surface area contributed by atoms with Gasteiger partial charge in [-0.2, -0.15) is 0 Å². The molecule has 0 radical (unpaired) electrons. The molecular formula is C28H31N3O3. The summed E-state index contributed by atoms with van der Waals surface area (Å²) < 4.78 is 0. The Hall–Kier alpha value is -3.67. The van der Waals surface area contributed by atoms with Crippen molar-refractivity contribution in [3.63, 3.8) is 0 Å². The number of nitrogens with one attached hydrogen (secondary N) is 1. The van der Waals surface area contributed by atoms with Crippen molar-refractivity contribution in [3.8, 4) is 0 Å². The summed E-state index contributed by atoms with van der Waals surface area (Å²) in [6, 6.07) is 20.4. The molecule has 1 N–H and O–H groups in total. The van der Waals surface area contributed by atoms with E-state index in [0.717, 1.165) is 22.0 Å². The maximum atomic E-state index is 13.7. The van der Waals surface area contributed by atoms with Gasteiger partial charge >= 0.3 is 0 Å². The number of carbonyl (C=O) groups is 3. The molecule has 0 fully saturated rings. The molecule has 1 heterocycles. The zero-order valence-electron chi connectivity index (χ0n) is 20.0. The number of hydrogen-bond acceptors (Lipinski definition) is 3. The summed E-state index contributed by atoms with van der Waals surface area (Å²) in [5, 5.41) is 4.82. The first kappa shape index (κ1) is 23.5. The van der Waals surface area contributed by atoms with E-state index in [-0.39, 0.29) is 24.3 Å². The van der Waals surface area contributed by atoms with Gasteiger partial charge in [0.05, 0.1) is 5.69 Å². The molecule has 176 valence electrons. The molecule has 0 aliphatic carbocycles. The van der Waals surface area contributed by atoms with Crippen LogP contribution in [-0.2, 0) is 16.1 Å². The first-order valence-electron chi connectivity index (χ1n) is 11.9. The second kappa shape index (κ2) is 10.1. The van der Waals surface area contributed by atoms with Crippen molar-refractivity contribution in [2.45, 2.75) is 39.8 Å². The third-order valence-corrected chi connectivity index (χ3v) is 6.21. The van der Waals surface area contributed by atoms with E-state index in [4.69, 9.17) is 0 Å². The summed E-state index contributed by atoms with van der Waals surface area (Å²) in [6.07, 6.45) is 0.478. The molecule has 0 unspecified atom stereocenters. The van der Waals surface area contributed by atoms with Gasteiger partial charge in [0.1, 0.15) is 12.6 Å². The number of nitrogens with zero attached hydrogens (tertiary/aromatic N) is 2. The topological polar surface area (TPSA) is 69.7 Å². The molecule has 3 amide bonds. The van der Waals surface area contributed by atoms with Crippen LogP contribution in [0.4, 0.5) is 5.69 Å². The van der Waals surface area contributed by atoms with Gasteiger partial charge in [0.2, 0.25) is 11.8 Å². The van der Waals surface area contributed by atoms with Gasteiger partial charge in [-0.25, -0.2) is 0 Å². The second-order valence-electron chi connectivity index (χ2n) is 9.14. The molecule has 4 rings (SSSR count). The SMILES string of the molecule is CC[C@H](C(=O)NCC(C)C)N(Cc1ccccc1)C(=O)CN1C(=O)c2cccc3cccc1c23. The molecule has 0 aromatic heterocycles. The predicted molar refractivity (Wildman–Crippen MR) is 135 cm³/mol. The van der Waals surface area contributed by atoms with Crippen molar-refractivity contribution in [2.75, 3.05) is 18.0 Å². The number of benzene rings is 3. The second-order valence-corrected chi connectivity index (χ2v) is 9.14. The number of amides is 3. The van der Waals surface area contributed by atoms with Gasteiger partial charge in [0.15, 0.2) is 0 Å². The van der Waals surface area contributed by atoms with Crippen LogP contribution < -0.4 is 10.2 Å². The van der Waals surface area contributed by atoms with Crippen LogP contribution in [0.2, 0.25) is 0 Å². The Morgan fingerprint density at radius 2 is 1.68 bits per heavy atom. The molecule has 3 aromatic rings.